The first-order chi connectivity index (χ1) is 7.52. The molecule has 0 aliphatic carbocycles. The molecule has 0 atom stereocenters. The third kappa shape index (κ3) is 3.61. The molecule has 0 bridgehead atoms. The van der Waals surface area contributed by atoms with E-state index in [0.29, 0.717) is 23.1 Å². The Hall–Kier alpha value is -0.880. The molecular formula is C9H11BrClN3O2. The van der Waals surface area contributed by atoms with Crippen LogP contribution in [0.5, 0.6) is 0 Å². The molecule has 1 aromatic rings. The average molecular weight is 309 g/mol. The highest BCUT2D eigenvalue weighted by molar-refractivity contribution is 9.10. The number of halogens is 2. The van der Waals surface area contributed by atoms with Gasteiger partial charge in [0.15, 0.2) is 0 Å². The second-order valence-corrected chi connectivity index (χ2v) is 4.46. The van der Waals surface area contributed by atoms with Crippen LogP contribution in [0.1, 0.15) is 23.3 Å². The Kier molecular flexibility index (Phi) is 4.95. The summed E-state index contributed by atoms with van der Waals surface area (Å²) in [6, 6.07) is 0. The number of nitrogens with zero attached hydrogens (tertiary/aromatic N) is 2. The van der Waals surface area contributed by atoms with Gasteiger partial charge in [-0.25, -0.2) is 0 Å². The van der Waals surface area contributed by atoms with E-state index >= 15 is 0 Å². The Morgan fingerprint density at radius 2 is 2.31 bits per heavy atom. The number of nitrogens with one attached hydrogen (secondary N) is 1. The first kappa shape index (κ1) is 13.2. The van der Waals surface area contributed by atoms with E-state index in [2.05, 4.69) is 26.3 Å². The molecule has 0 aliphatic heterocycles. The summed E-state index contributed by atoms with van der Waals surface area (Å²) in [4.78, 5) is 22.1. The molecule has 1 aromatic heterocycles. The largest absolute Gasteiger partial charge is 0.351 e. The molecule has 1 amide bonds. The first-order valence-corrected chi connectivity index (χ1v) is 5.83. The molecule has 0 aliphatic rings. The van der Waals surface area contributed by atoms with E-state index in [1.165, 1.54) is 4.68 Å². The summed E-state index contributed by atoms with van der Waals surface area (Å²) >= 11 is 8.40. The SMILES string of the molecule is Cn1ncc(Br)c1C(=O)NCCCC(=O)Cl. The number of aromatic nitrogens is 2. The summed E-state index contributed by atoms with van der Waals surface area (Å²) in [5, 5.41) is 6.22. The molecule has 16 heavy (non-hydrogen) atoms. The Morgan fingerprint density at radius 1 is 1.62 bits per heavy atom. The molecule has 1 heterocycles. The monoisotopic (exact) mass is 307 g/mol. The maximum atomic E-state index is 11.7. The Morgan fingerprint density at radius 3 is 2.81 bits per heavy atom. The van der Waals surface area contributed by atoms with E-state index in [0.717, 1.165) is 0 Å². The first-order valence-electron chi connectivity index (χ1n) is 4.66. The maximum absolute atomic E-state index is 11.7. The molecule has 0 unspecified atom stereocenters. The fourth-order valence-corrected chi connectivity index (χ4v) is 1.84. The van der Waals surface area contributed by atoms with Crippen molar-refractivity contribution in [1.29, 1.82) is 0 Å². The van der Waals surface area contributed by atoms with Crippen molar-refractivity contribution in [1.82, 2.24) is 15.1 Å². The van der Waals surface area contributed by atoms with Gasteiger partial charge in [-0.3, -0.25) is 14.3 Å². The summed E-state index contributed by atoms with van der Waals surface area (Å²) in [6.07, 6.45) is 2.34. The van der Waals surface area contributed by atoms with Gasteiger partial charge in [0, 0.05) is 20.0 Å². The van der Waals surface area contributed by atoms with Gasteiger partial charge in [-0.05, 0) is 34.0 Å². The van der Waals surface area contributed by atoms with Gasteiger partial charge in [0.05, 0.1) is 10.7 Å². The summed E-state index contributed by atoms with van der Waals surface area (Å²) in [7, 11) is 1.68. The standard InChI is InChI=1S/C9H11BrClN3O2/c1-14-8(6(10)5-13-14)9(16)12-4-2-3-7(11)15/h5H,2-4H2,1H3,(H,12,16). The topological polar surface area (TPSA) is 64.0 Å². The molecule has 1 N–H and O–H groups in total. The third-order valence-electron chi connectivity index (χ3n) is 1.94. The van der Waals surface area contributed by atoms with Crippen LogP contribution in [0.2, 0.25) is 0 Å². The second-order valence-electron chi connectivity index (χ2n) is 3.18. The lowest BCUT2D eigenvalue weighted by molar-refractivity contribution is -0.111. The van der Waals surface area contributed by atoms with Crippen molar-refractivity contribution >= 4 is 38.7 Å². The van der Waals surface area contributed by atoms with Gasteiger partial charge in [0.2, 0.25) is 5.24 Å². The molecule has 5 nitrogen and oxygen atoms in total. The average Bonchev–Trinajstić information content (AvgIpc) is 2.53. The van der Waals surface area contributed by atoms with Crippen LogP contribution >= 0.6 is 27.5 Å². The zero-order chi connectivity index (χ0) is 12.1. The fourth-order valence-electron chi connectivity index (χ4n) is 1.18. The summed E-state index contributed by atoms with van der Waals surface area (Å²) in [6.45, 7) is 0.412. The minimum atomic E-state index is -0.393. The quantitative estimate of drug-likeness (QED) is 0.661. The van der Waals surface area contributed by atoms with Gasteiger partial charge in [-0.1, -0.05) is 0 Å². The Balaban J connectivity index is 2.44. The van der Waals surface area contributed by atoms with E-state index in [4.69, 9.17) is 11.6 Å². The highest BCUT2D eigenvalue weighted by Crippen LogP contribution is 2.14. The lowest BCUT2D eigenvalue weighted by Gasteiger charge is -2.04. The highest BCUT2D eigenvalue weighted by atomic mass is 79.9. The predicted octanol–water partition coefficient (Wildman–Crippen LogP) is 1.46. The van der Waals surface area contributed by atoms with Gasteiger partial charge < -0.3 is 5.32 Å². The highest BCUT2D eigenvalue weighted by Gasteiger charge is 2.14. The smallest absolute Gasteiger partial charge is 0.270 e. The molecular weight excluding hydrogens is 297 g/mol. The lowest BCUT2D eigenvalue weighted by Crippen LogP contribution is -2.27. The number of amides is 1. The zero-order valence-electron chi connectivity index (χ0n) is 8.67. The molecule has 1 rings (SSSR count). The Bertz CT molecular complexity index is 386. The van der Waals surface area contributed by atoms with Crippen LogP contribution in [0.15, 0.2) is 10.7 Å². The van der Waals surface area contributed by atoms with Crippen molar-refractivity contribution in [2.45, 2.75) is 12.8 Å². The third-order valence-corrected chi connectivity index (χ3v) is 2.71. The molecule has 0 aromatic carbocycles. The van der Waals surface area contributed by atoms with Crippen molar-refractivity contribution in [3.63, 3.8) is 0 Å². The van der Waals surface area contributed by atoms with Crippen LogP contribution in [0.25, 0.3) is 0 Å². The summed E-state index contributed by atoms with van der Waals surface area (Å²) in [5.74, 6) is -0.228. The van der Waals surface area contributed by atoms with Crippen LogP contribution in [0, 0.1) is 0 Å². The minimum absolute atomic E-state index is 0.228. The van der Waals surface area contributed by atoms with Crippen LogP contribution in [-0.2, 0) is 11.8 Å². The van der Waals surface area contributed by atoms with Crippen LogP contribution in [0.4, 0.5) is 0 Å². The number of carbonyl (C=O) groups is 2. The van der Waals surface area contributed by atoms with Crippen molar-refractivity contribution in [3.8, 4) is 0 Å². The predicted molar refractivity (Wildman–Crippen MR) is 63.3 cm³/mol. The number of hydrogen-bond donors (Lipinski definition) is 1. The van der Waals surface area contributed by atoms with E-state index in [1.54, 1.807) is 13.2 Å². The molecule has 88 valence electrons. The number of rotatable bonds is 5. The van der Waals surface area contributed by atoms with E-state index in [-0.39, 0.29) is 12.3 Å². The molecule has 0 fully saturated rings. The minimum Gasteiger partial charge on any atom is -0.351 e. The van der Waals surface area contributed by atoms with Crippen molar-refractivity contribution < 1.29 is 9.59 Å². The molecule has 7 heteroatoms. The van der Waals surface area contributed by atoms with Gasteiger partial charge in [-0.15, -0.1) is 0 Å². The van der Waals surface area contributed by atoms with Crippen LogP contribution in [0.3, 0.4) is 0 Å². The Labute approximate surface area is 106 Å². The van der Waals surface area contributed by atoms with Gasteiger partial charge in [-0.2, -0.15) is 5.10 Å². The molecule has 0 saturated carbocycles. The van der Waals surface area contributed by atoms with Crippen LogP contribution in [-0.4, -0.2) is 27.5 Å². The number of hydrogen-bond acceptors (Lipinski definition) is 3. The molecule has 0 radical (unpaired) electrons. The normalized spacial score (nSPS) is 10.2. The summed E-state index contributed by atoms with van der Waals surface area (Å²) in [5.41, 5.74) is 0.456. The van der Waals surface area contributed by atoms with E-state index in [9.17, 15) is 9.59 Å². The van der Waals surface area contributed by atoms with E-state index < -0.39 is 5.24 Å². The van der Waals surface area contributed by atoms with Crippen molar-refractivity contribution in [3.05, 3.63) is 16.4 Å². The molecule has 0 spiro atoms. The lowest BCUT2D eigenvalue weighted by atomic mass is 10.3. The van der Waals surface area contributed by atoms with Crippen molar-refractivity contribution in [2.75, 3.05) is 6.54 Å². The number of aryl methyl sites for hydroxylation is 1. The number of carbonyl (C=O) groups excluding carboxylic acids is 2. The summed E-state index contributed by atoms with van der Waals surface area (Å²) < 4.78 is 2.12. The zero-order valence-corrected chi connectivity index (χ0v) is 11.0. The molecule has 0 saturated heterocycles. The van der Waals surface area contributed by atoms with Gasteiger partial charge in [0.25, 0.3) is 5.91 Å². The van der Waals surface area contributed by atoms with Gasteiger partial charge >= 0.3 is 0 Å². The van der Waals surface area contributed by atoms with Crippen molar-refractivity contribution in [2.24, 2.45) is 7.05 Å². The maximum Gasteiger partial charge on any atom is 0.270 e. The van der Waals surface area contributed by atoms with Crippen LogP contribution < -0.4 is 5.32 Å². The van der Waals surface area contributed by atoms with E-state index in [1.807, 2.05) is 0 Å². The fraction of sp³-hybridized carbons (Fsp3) is 0.444. The van der Waals surface area contributed by atoms with Gasteiger partial charge in [0.1, 0.15) is 5.69 Å². The second kappa shape index (κ2) is 6.00.